The number of amides is 4. The fraction of sp³-hybridized carbons (Fsp3) is 0.360. The van der Waals surface area contributed by atoms with Gasteiger partial charge < -0.3 is 5.32 Å². The third kappa shape index (κ3) is 3.88. The molecule has 1 aliphatic heterocycles. The van der Waals surface area contributed by atoms with Crippen LogP contribution < -0.4 is 10.2 Å². The number of fused-ring (bicyclic) bond motifs is 1. The minimum Gasteiger partial charge on any atom is -0.323 e. The van der Waals surface area contributed by atoms with Gasteiger partial charge in [-0.3, -0.25) is 19.4 Å². The molecule has 1 atom stereocenters. The number of hydrogen-bond acceptors (Lipinski definition) is 5. The zero-order valence-electron chi connectivity index (χ0n) is 18.9. The zero-order valence-corrected chi connectivity index (χ0v) is 19.7. The number of aryl methyl sites for hydroxylation is 2. The first-order valence-electron chi connectivity index (χ1n) is 11.1. The minimum absolute atomic E-state index is 0.143. The van der Waals surface area contributed by atoms with Crippen LogP contribution in [0.1, 0.15) is 36.5 Å². The molecule has 1 saturated carbocycles. The van der Waals surface area contributed by atoms with Gasteiger partial charge in [-0.2, -0.15) is 0 Å². The van der Waals surface area contributed by atoms with E-state index in [-0.39, 0.29) is 24.3 Å². The van der Waals surface area contributed by atoms with Crippen LogP contribution in [-0.4, -0.2) is 39.8 Å². The Morgan fingerprint density at radius 2 is 1.94 bits per heavy atom. The molecule has 1 aromatic heterocycles. The molecule has 1 N–H and O–H groups in total. The van der Waals surface area contributed by atoms with Crippen molar-refractivity contribution >= 4 is 44.5 Å². The Morgan fingerprint density at radius 1 is 1.21 bits per heavy atom. The van der Waals surface area contributed by atoms with Crippen LogP contribution in [0.5, 0.6) is 0 Å². The maximum Gasteiger partial charge on any atom is 0.325 e. The SMILES string of the molecule is Cc1cc(C)c2nc(N(Cc3ccccc3)C(=O)CN3C(=O)NC(C)(C4CC4)C3=O)sc2c1. The van der Waals surface area contributed by atoms with Crippen LogP contribution >= 0.6 is 11.3 Å². The topological polar surface area (TPSA) is 82.6 Å². The third-order valence-corrected chi connectivity index (χ3v) is 7.55. The van der Waals surface area contributed by atoms with Gasteiger partial charge in [-0.1, -0.05) is 47.7 Å². The van der Waals surface area contributed by atoms with E-state index in [9.17, 15) is 14.4 Å². The van der Waals surface area contributed by atoms with Crippen LogP contribution in [0, 0.1) is 19.8 Å². The van der Waals surface area contributed by atoms with Gasteiger partial charge in [0.25, 0.3) is 5.91 Å². The third-order valence-electron chi connectivity index (χ3n) is 6.52. The lowest BCUT2D eigenvalue weighted by Gasteiger charge is -2.24. The molecular formula is C25H26N4O3S. The lowest BCUT2D eigenvalue weighted by atomic mass is 9.96. The quantitative estimate of drug-likeness (QED) is 0.558. The maximum absolute atomic E-state index is 13.5. The first-order valence-corrected chi connectivity index (χ1v) is 11.9. The largest absolute Gasteiger partial charge is 0.325 e. The van der Waals surface area contributed by atoms with Gasteiger partial charge in [-0.25, -0.2) is 9.78 Å². The number of anilines is 1. The normalized spacial score (nSPS) is 20.4. The molecule has 3 aromatic rings. The van der Waals surface area contributed by atoms with Crippen molar-refractivity contribution < 1.29 is 14.4 Å². The molecule has 0 spiro atoms. The monoisotopic (exact) mass is 462 g/mol. The molecule has 8 heteroatoms. The zero-order chi connectivity index (χ0) is 23.3. The summed E-state index contributed by atoms with van der Waals surface area (Å²) in [5, 5.41) is 3.37. The van der Waals surface area contributed by atoms with E-state index in [2.05, 4.69) is 17.4 Å². The number of hydrogen-bond donors (Lipinski definition) is 1. The highest BCUT2D eigenvalue weighted by molar-refractivity contribution is 7.22. The van der Waals surface area contributed by atoms with Crippen molar-refractivity contribution in [2.75, 3.05) is 11.4 Å². The van der Waals surface area contributed by atoms with Crippen molar-refractivity contribution in [1.82, 2.24) is 15.2 Å². The highest BCUT2D eigenvalue weighted by atomic mass is 32.1. The van der Waals surface area contributed by atoms with Gasteiger partial charge >= 0.3 is 6.03 Å². The fourth-order valence-corrected chi connectivity index (χ4v) is 5.68. The second kappa shape index (κ2) is 7.95. The molecule has 170 valence electrons. The Hall–Kier alpha value is -3.26. The molecule has 2 heterocycles. The van der Waals surface area contributed by atoms with E-state index in [0.717, 1.165) is 44.6 Å². The second-order valence-electron chi connectivity index (χ2n) is 9.19. The molecule has 33 heavy (non-hydrogen) atoms. The van der Waals surface area contributed by atoms with Crippen LogP contribution in [0.3, 0.4) is 0 Å². The minimum atomic E-state index is -0.911. The molecule has 2 aliphatic rings. The number of carbonyl (C=O) groups is 3. The molecule has 0 bridgehead atoms. The number of benzene rings is 2. The van der Waals surface area contributed by atoms with Crippen LogP contribution in [0.15, 0.2) is 42.5 Å². The molecule has 1 aliphatic carbocycles. The Labute approximate surface area is 196 Å². The van der Waals surface area contributed by atoms with E-state index in [4.69, 9.17) is 4.98 Å². The molecule has 5 rings (SSSR count). The molecule has 7 nitrogen and oxygen atoms in total. The predicted octanol–water partition coefficient (Wildman–Crippen LogP) is 4.17. The summed E-state index contributed by atoms with van der Waals surface area (Å²) in [6.07, 6.45) is 1.82. The van der Waals surface area contributed by atoms with E-state index in [1.165, 1.54) is 11.3 Å². The smallest absolute Gasteiger partial charge is 0.323 e. The molecule has 1 unspecified atom stereocenters. The molecule has 0 radical (unpaired) electrons. The highest BCUT2D eigenvalue weighted by Crippen LogP contribution is 2.42. The van der Waals surface area contributed by atoms with E-state index in [1.54, 1.807) is 11.8 Å². The number of nitrogens with zero attached hydrogens (tertiary/aromatic N) is 3. The van der Waals surface area contributed by atoms with Crippen LogP contribution in [0.4, 0.5) is 9.93 Å². The van der Waals surface area contributed by atoms with Crippen molar-refractivity contribution in [3.8, 4) is 0 Å². The lowest BCUT2D eigenvalue weighted by Crippen LogP contribution is -2.47. The van der Waals surface area contributed by atoms with E-state index in [0.29, 0.717) is 11.7 Å². The van der Waals surface area contributed by atoms with Gasteiger partial charge in [0.1, 0.15) is 12.1 Å². The fourth-order valence-electron chi connectivity index (χ4n) is 4.52. The van der Waals surface area contributed by atoms with Gasteiger partial charge in [-0.15, -0.1) is 0 Å². The summed E-state index contributed by atoms with van der Waals surface area (Å²) in [4.78, 5) is 46.6. The summed E-state index contributed by atoms with van der Waals surface area (Å²) < 4.78 is 1.00. The Kier molecular flexibility index (Phi) is 5.20. The summed E-state index contributed by atoms with van der Waals surface area (Å²) >= 11 is 1.45. The number of thiazole rings is 1. The molecule has 2 aromatic carbocycles. The Balaban J connectivity index is 1.47. The summed E-state index contributed by atoms with van der Waals surface area (Å²) in [5.41, 5.74) is 3.08. The number of urea groups is 1. The average molecular weight is 463 g/mol. The van der Waals surface area contributed by atoms with Crippen molar-refractivity contribution in [1.29, 1.82) is 0 Å². The average Bonchev–Trinajstić information content (AvgIpc) is 3.52. The number of nitrogens with one attached hydrogen (secondary N) is 1. The van der Waals surface area contributed by atoms with Crippen molar-refractivity contribution in [2.24, 2.45) is 5.92 Å². The number of imide groups is 1. The van der Waals surface area contributed by atoms with E-state index in [1.807, 2.05) is 44.2 Å². The second-order valence-corrected chi connectivity index (χ2v) is 10.2. The molecule has 1 saturated heterocycles. The number of aromatic nitrogens is 1. The van der Waals surface area contributed by atoms with Crippen LogP contribution in [0.2, 0.25) is 0 Å². The van der Waals surface area contributed by atoms with Crippen LogP contribution in [-0.2, 0) is 16.1 Å². The lowest BCUT2D eigenvalue weighted by molar-refractivity contribution is -0.134. The van der Waals surface area contributed by atoms with Crippen LogP contribution in [0.25, 0.3) is 10.2 Å². The first-order chi connectivity index (χ1) is 15.8. The number of carbonyl (C=O) groups excluding carboxylic acids is 3. The predicted molar refractivity (Wildman–Crippen MR) is 128 cm³/mol. The Morgan fingerprint density at radius 3 is 2.64 bits per heavy atom. The standard InChI is InChI=1S/C25H26N4O3S/c1-15-11-16(2)21-19(12-15)33-24(26-21)28(13-17-7-5-4-6-8-17)20(30)14-29-22(31)25(3,18-9-10-18)27-23(29)32/h4-8,11-12,18H,9-10,13-14H2,1-3H3,(H,27,32). The van der Waals surface area contributed by atoms with Gasteiger partial charge in [0.2, 0.25) is 5.91 Å². The maximum atomic E-state index is 13.5. The summed E-state index contributed by atoms with van der Waals surface area (Å²) in [6.45, 7) is 5.80. The van der Waals surface area contributed by atoms with Gasteiger partial charge in [0.05, 0.1) is 16.8 Å². The molecule has 4 amide bonds. The van der Waals surface area contributed by atoms with Crippen molar-refractivity contribution in [3.63, 3.8) is 0 Å². The summed E-state index contributed by atoms with van der Waals surface area (Å²) in [6, 6.07) is 13.3. The van der Waals surface area contributed by atoms with E-state index >= 15 is 0 Å². The highest BCUT2D eigenvalue weighted by Gasteiger charge is 2.56. The molecule has 2 fully saturated rings. The van der Waals surface area contributed by atoms with E-state index < -0.39 is 11.6 Å². The van der Waals surface area contributed by atoms with Gasteiger partial charge in [-0.05, 0) is 62.3 Å². The molecular weight excluding hydrogens is 436 g/mol. The summed E-state index contributed by atoms with van der Waals surface area (Å²) in [5.74, 6) is -0.514. The number of rotatable bonds is 6. The summed E-state index contributed by atoms with van der Waals surface area (Å²) in [7, 11) is 0. The van der Waals surface area contributed by atoms with Gasteiger partial charge in [0.15, 0.2) is 5.13 Å². The Bertz CT molecular complexity index is 1270. The first kappa shape index (κ1) is 21.6. The van der Waals surface area contributed by atoms with Crippen molar-refractivity contribution in [3.05, 3.63) is 59.2 Å². The van der Waals surface area contributed by atoms with Gasteiger partial charge in [0, 0.05) is 0 Å². The van der Waals surface area contributed by atoms with Crippen molar-refractivity contribution in [2.45, 2.75) is 45.7 Å².